The Labute approximate surface area is 69.5 Å². The molecule has 0 N–H and O–H groups in total. The first-order chi connectivity index (χ1) is 5.14. The summed E-state index contributed by atoms with van der Waals surface area (Å²) in [6.45, 7) is 9.11. The van der Waals surface area contributed by atoms with Crippen LogP contribution in [0.25, 0.3) is 0 Å². The lowest BCUT2D eigenvalue weighted by Crippen LogP contribution is -2.26. The second kappa shape index (κ2) is 3.55. The maximum absolute atomic E-state index is 5.03. The zero-order chi connectivity index (χ0) is 8.32. The van der Waals surface area contributed by atoms with Crippen LogP contribution in [0.1, 0.15) is 20.3 Å². The summed E-state index contributed by atoms with van der Waals surface area (Å²) in [4.78, 5) is 2.48. The molecule has 0 aliphatic carbocycles. The number of nitrogens with zero attached hydrogens (tertiary/aromatic N) is 1. The van der Waals surface area contributed by atoms with Gasteiger partial charge in [-0.1, -0.05) is 13.8 Å². The third-order valence-corrected chi connectivity index (χ3v) is 2.37. The molecule has 0 bridgehead atoms. The number of likely N-dealkylation sites (tertiary alicyclic amines) is 1. The van der Waals surface area contributed by atoms with Crippen molar-refractivity contribution in [1.29, 1.82) is 0 Å². The van der Waals surface area contributed by atoms with Gasteiger partial charge in [0.25, 0.3) is 0 Å². The van der Waals surface area contributed by atoms with E-state index >= 15 is 0 Å². The van der Waals surface area contributed by atoms with Gasteiger partial charge >= 0.3 is 0 Å². The lowest BCUT2D eigenvalue weighted by Gasteiger charge is -2.18. The van der Waals surface area contributed by atoms with Crippen LogP contribution in [-0.2, 0) is 4.74 Å². The van der Waals surface area contributed by atoms with E-state index in [1.807, 2.05) is 0 Å². The fourth-order valence-corrected chi connectivity index (χ4v) is 1.64. The number of hydrogen-bond donors (Lipinski definition) is 0. The smallest absolute Gasteiger partial charge is 0.0589 e. The molecule has 2 heteroatoms. The Hall–Kier alpha value is -0.0800. The minimum Gasteiger partial charge on any atom is -0.383 e. The first kappa shape index (κ1) is 9.01. The normalized spacial score (nSPS) is 24.3. The molecule has 1 fully saturated rings. The SMILES string of the molecule is COCCN1CCC(C)(C)C1. The summed E-state index contributed by atoms with van der Waals surface area (Å²) in [7, 11) is 1.77. The van der Waals surface area contributed by atoms with Crippen molar-refractivity contribution in [2.45, 2.75) is 20.3 Å². The topological polar surface area (TPSA) is 12.5 Å². The molecule has 1 aliphatic rings. The molecular weight excluding hydrogens is 138 g/mol. The van der Waals surface area contributed by atoms with E-state index in [0.29, 0.717) is 5.41 Å². The lowest BCUT2D eigenvalue weighted by atomic mass is 9.93. The van der Waals surface area contributed by atoms with Crippen LogP contribution in [0.2, 0.25) is 0 Å². The van der Waals surface area contributed by atoms with Crippen LogP contribution in [0.3, 0.4) is 0 Å². The summed E-state index contributed by atoms with van der Waals surface area (Å²) >= 11 is 0. The van der Waals surface area contributed by atoms with Crippen LogP contribution in [0.15, 0.2) is 0 Å². The largest absolute Gasteiger partial charge is 0.383 e. The minimum absolute atomic E-state index is 0.535. The van der Waals surface area contributed by atoms with Gasteiger partial charge in [-0.25, -0.2) is 0 Å². The summed E-state index contributed by atoms with van der Waals surface area (Å²) in [6, 6.07) is 0. The summed E-state index contributed by atoms with van der Waals surface area (Å²) in [5.41, 5.74) is 0.535. The molecule has 0 unspecified atom stereocenters. The summed E-state index contributed by atoms with van der Waals surface area (Å²) in [6.07, 6.45) is 1.33. The average molecular weight is 157 g/mol. The molecule has 2 nitrogen and oxygen atoms in total. The Kier molecular flexibility index (Phi) is 2.90. The van der Waals surface area contributed by atoms with Crippen molar-refractivity contribution in [2.24, 2.45) is 5.41 Å². The summed E-state index contributed by atoms with van der Waals surface area (Å²) in [5, 5.41) is 0. The highest BCUT2D eigenvalue weighted by Gasteiger charge is 2.28. The van der Waals surface area contributed by atoms with Crippen molar-refractivity contribution >= 4 is 0 Å². The molecule has 0 aromatic carbocycles. The Morgan fingerprint density at radius 1 is 1.45 bits per heavy atom. The maximum atomic E-state index is 5.03. The Bertz CT molecular complexity index is 123. The van der Waals surface area contributed by atoms with Crippen LogP contribution in [0.5, 0.6) is 0 Å². The van der Waals surface area contributed by atoms with E-state index in [-0.39, 0.29) is 0 Å². The van der Waals surface area contributed by atoms with Gasteiger partial charge in [-0.05, 0) is 18.4 Å². The zero-order valence-electron chi connectivity index (χ0n) is 7.89. The van der Waals surface area contributed by atoms with Crippen LogP contribution in [-0.4, -0.2) is 38.3 Å². The second-order valence-corrected chi connectivity index (χ2v) is 4.18. The van der Waals surface area contributed by atoms with Crippen molar-refractivity contribution in [3.05, 3.63) is 0 Å². The highest BCUT2D eigenvalue weighted by molar-refractivity contribution is 4.81. The third-order valence-electron chi connectivity index (χ3n) is 2.37. The summed E-state index contributed by atoms with van der Waals surface area (Å²) < 4.78 is 5.03. The maximum Gasteiger partial charge on any atom is 0.0589 e. The predicted molar refractivity (Wildman–Crippen MR) is 46.7 cm³/mol. The lowest BCUT2D eigenvalue weighted by molar-refractivity contribution is 0.155. The van der Waals surface area contributed by atoms with Gasteiger partial charge in [0, 0.05) is 20.2 Å². The zero-order valence-corrected chi connectivity index (χ0v) is 7.89. The highest BCUT2D eigenvalue weighted by atomic mass is 16.5. The van der Waals surface area contributed by atoms with E-state index in [2.05, 4.69) is 18.7 Å². The van der Waals surface area contributed by atoms with Crippen LogP contribution in [0, 0.1) is 5.41 Å². The highest BCUT2D eigenvalue weighted by Crippen LogP contribution is 2.28. The van der Waals surface area contributed by atoms with Crippen molar-refractivity contribution in [1.82, 2.24) is 4.90 Å². The predicted octanol–water partition coefficient (Wildman–Crippen LogP) is 1.36. The number of hydrogen-bond acceptors (Lipinski definition) is 2. The van der Waals surface area contributed by atoms with Crippen molar-refractivity contribution in [2.75, 3.05) is 33.4 Å². The molecule has 0 radical (unpaired) electrons. The molecule has 0 atom stereocenters. The van der Waals surface area contributed by atoms with Gasteiger partial charge < -0.3 is 9.64 Å². The molecule has 0 amide bonds. The van der Waals surface area contributed by atoms with Gasteiger partial charge in [-0.2, -0.15) is 0 Å². The molecule has 1 heterocycles. The van der Waals surface area contributed by atoms with Gasteiger partial charge in [0.2, 0.25) is 0 Å². The van der Waals surface area contributed by atoms with E-state index in [4.69, 9.17) is 4.74 Å². The van der Waals surface area contributed by atoms with E-state index in [0.717, 1.165) is 13.2 Å². The second-order valence-electron chi connectivity index (χ2n) is 4.18. The van der Waals surface area contributed by atoms with E-state index in [1.54, 1.807) is 7.11 Å². The Morgan fingerprint density at radius 3 is 2.64 bits per heavy atom. The fourth-order valence-electron chi connectivity index (χ4n) is 1.64. The number of methoxy groups -OCH3 is 1. The van der Waals surface area contributed by atoms with E-state index < -0.39 is 0 Å². The van der Waals surface area contributed by atoms with E-state index in [1.165, 1.54) is 19.5 Å². The van der Waals surface area contributed by atoms with Crippen LogP contribution in [0.4, 0.5) is 0 Å². The van der Waals surface area contributed by atoms with Gasteiger partial charge in [0.15, 0.2) is 0 Å². The molecule has 0 spiro atoms. The van der Waals surface area contributed by atoms with E-state index in [9.17, 15) is 0 Å². The first-order valence-corrected chi connectivity index (χ1v) is 4.35. The molecule has 11 heavy (non-hydrogen) atoms. The fraction of sp³-hybridized carbons (Fsp3) is 1.00. The average Bonchev–Trinajstić information content (AvgIpc) is 2.26. The molecular formula is C9H19NO. The molecule has 1 saturated heterocycles. The van der Waals surface area contributed by atoms with Gasteiger partial charge in [-0.3, -0.25) is 0 Å². The molecule has 1 aliphatic heterocycles. The van der Waals surface area contributed by atoms with Gasteiger partial charge in [-0.15, -0.1) is 0 Å². The number of rotatable bonds is 3. The van der Waals surface area contributed by atoms with Crippen molar-refractivity contribution < 1.29 is 4.74 Å². The molecule has 66 valence electrons. The molecule has 0 aromatic rings. The van der Waals surface area contributed by atoms with Crippen molar-refractivity contribution in [3.8, 4) is 0 Å². The number of ether oxygens (including phenoxy) is 1. The molecule has 0 saturated carbocycles. The van der Waals surface area contributed by atoms with Crippen LogP contribution >= 0.6 is 0 Å². The standard InChI is InChI=1S/C9H19NO/c1-9(2)4-5-10(8-9)6-7-11-3/h4-8H2,1-3H3. The quantitative estimate of drug-likeness (QED) is 0.613. The third kappa shape index (κ3) is 2.80. The Morgan fingerprint density at radius 2 is 2.18 bits per heavy atom. The Balaban J connectivity index is 2.20. The van der Waals surface area contributed by atoms with Crippen molar-refractivity contribution in [3.63, 3.8) is 0 Å². The monoisotopic (exact) mass is 157 g/mol. The minimum atomic E-state index is 0.535. The van der Waals surface area contributed by atoms with Gasteiger partial charge in [0.1, 0.15) is 0 Å². The molecule has 0 aromatic heterocycles. The first-order valence-electron chi connectivity index (χ1n) is 4.35. The van der Waals surface area contributed by atoms with Crippen LogP contribution < -0.4 is 0 Å². The summed E-state index contributed by atoms with van der Waals surface area (Å²) in [5.74, 6) is 0. The molecule has 1 rings (SSSR count). The van der Waals surface area contributed by atoms with Gasteiger partial charge in [0.05, 0.1) is 6.61 Å².